The van der Waals surface area contributed by atoms with Crippen LogP contribution in [0.3, 0.4) is 0 Å². The van der Waals surface area contributed by atoms with Gasteiger partial charge in [0.05, 0.1) is 5.56 Å². The van der Waals surface area contributed by atoms with Crippen molar-refractivity contribution < 1.29 is 13.2 Å². The predicted molar refractivity (Wildman–Crippen MR) is 97.8 cm³/mol. The molecule has 0 spiro atoms. The van der Waals surface area contributed by atoms with Crippen LogP contribution in [-0.4, -0.2) is 8.80 Å². The van der Waals surface area contributed by atoms with E-state index in [1.54, 1.807) is 12.1 Å². The molecule has 0 bridgehead atoms. The maximum absolute atomic E-state index is 13.5. The Morgan fingerprint density at radius 3 is 1.60 bits per heavy atom. The van der Waals surface area contributed by atoms with E-state index < -0.39 is 20.5 Å². The second kappa shape index (κ2) is 7.27. The summed E-state index contributed by atoms with van der Waals surface area (Å²) in [6.07, 6.45) is -4.34. The molecule has 0 N–H and O–H groups in total. The Labute approximate surface area is 147 Å². The first-order valence-corrected chi connectivity index (χ1v) is 9.70. The summed E-state index contributed by atoms with van der Waals surface area (Å²) < 4.78 is 40.5. The second-order valence-corrected chi connectivity index (χ2v) is 8.80. The summed E-state index contributed by atoms with van der Waals surface area (Å²) in [6, 6.07) is 25.7. The van der Waals surface area contributed by atoms with Crippen LogP contribution in [0.2, 0.25) is 0 Å². The Hall–Kier alpha value is -2.33. The van der Waals surface area contributed by atoms with Crippen LogP contribution in [-0.2, 0) is 6.18 Å². The Bertz CT molecular complexity index is 774. The van der Waals surface area contributed by atoms with E-state index in [0.717, 1.165) is 10.4 Å². The molecular weight excluding hydrogens is 337 g/mol. The van der Waals surface area contributed by atoms with E-state index in [2.05, 4.69) is 0 Å². The zero-order valence-electron chi connectivity index (χ0n) is 13.8. The SMILES string of the molecule is C[C@@H](c1ccccc1C(F)(F)F)[Si](c1ccccc1)c1ccccc1. The molecule has 0 fully saturated rings. The number of hydrogen-bond acceptors (Lipinski definition) is 0. The molecule has 127 valence electrons. The largest absolute Gasteiger partial charge is 0.416 e. The number of rotatable bonds is 4. The molecule has 0 aliphatic heterocycles. The van der Waals surface area contributed by atoms with E-state index in [-0.39, 0.29) is 5.54 Å². The zero-order chi connectivity index (χ0) is 17.9. The highest BCUT2D eigenvalue weighted by Gasteiger charge is 2.36. The van der Waals surface area contributed by atoms with Crippen LogP contribution < -0.4 is 10.4 Å². The van der Waals surface area contributed by atoms with Gasteiger partial charge in [-0.2, -0.15) is 13.2 Å². The third-order valence-corrected chi connectivity index (χ3v) is 7.42. The minimum Gasteiger partial charge on any atom is -0.166 e. The summed E-state index contributed by atoms with van der Waals surface area (Å²) >= 11 is 0. The summed E-state index contributed by atoms with van der Waals surface area (Å²) in [5, 5.41) is 2.23. The highest BCUT2D eigenvalue weighted by Crippen LogP contribution is 2.35. The predicted octanol–water partition coefficient (Wildman–Crippen LogP) is 4.66. The van der Waals surface area contributed by atoms with Crippen LogP contribution >= 0.6 is 0 Å². The second-order valence-electron chi connectivity index (χ2n) is 5.95. The molecule has 0 saturated heterocycles. The molecule has 0 aliphatic rings. The van der Waals surface area contributed by atoms with Gasteiger partial charge in [0.25, 0.3) is 0 Å². The fraction of sp³-hybridized carbons (Fsp3) is 0.143. The van der Waals surface area contributed by atoms with E-state index in [4.69, 9.17) is 0 Å². The van der Waals surface area contributed by atoms with E-state index in [1.807, 2.05) is 67.6 Å². The summed E-state index contributed by atoms with van der Waals surface area (Å²) in [6.45, 7) is 1.92. The molecule has 0 heterocycles. The summed E-state index contributed by atoms with van der Waals surface area (Å²) in [7, 11) is -1.41. The van der Waals surface area contributed by atoms with Gasteiger partial charge in [-0.3, -0.25) is 0 Å². The van der Waals surface area contributed by atoms with Crippen LogP contribution in [0.4, 0.5) is 13.2 Å². The smallest absolute Gasteiger partial charge is 0.166 e. The molecule has 0 aliphatic carbocycles. The average molecular weight is 355 g/mol. The quantitative estimate of drug-likeness (QED) is 0.597. The van der Waals surface area contributed by atoms with E-state index >= 15 is 0 Å². The average Bonchev–Trinajstić information content (AvgIpc) is 2.63. The first kappa shape index (κ1) is 17.5. The molecule has 0 unspecified atom stereocenters. The van der Waals surface area contributed by atoms with Gasteiger partial charge in [0.1, 0.15) is 8.80 Å². The van der Waals surface area contributed by atoms with Gasteiger partial charge in [0.15, 0.2) is 0 Å². The molecule has 4 heteroatoms. The van der Waals surface area contributed by atoms with Gasteiger partial charge in [-0.1, -0.05) is 96.2 Å². The normalized spacial score (nSPS) is 13.0. The molecule has 0 amide bonds. The Balaban J connectivity index is 2.12. The molecule has 3 rings (SSSR count). The fourth-order valence-electron chi connectivity index (χ4n) is 3.19. The topological polar surface area (TPSA) is 0 Å². The van der Waals surface area contributed by atoms with Crippen molar-refractivity contribution >= 4 is 19.2 Å². The molecule has 3 aromatic rings. The van der Waals surface area contributed by atoms with E-state index in [9.17, 15) is 13.2 Å². The lowest BCUT2D eigenvalue weighted by Gasteiger charge is -2.26. The molecule has 25 heavy (non-hydrogen) atoms. The molecule has 1 atom stereocenters. The van der Waals surface area contributed by atoms with Crippen molar-refractivity contribution in [2.45, 2.75) is 18.6 Å². The highest BCUT2D eigenvalue weighted by atomic mass is 28.3. The van der Waals surface area contributed by atoms with Crippen molar-refractivity contribution in [1.29, 1.82) is 0 Å². The van der Waals surface area contributed by atoms with Crippen LogP contribution in [0.25, 0.3) is 0 Å². The number of benzene rings is 3. The Morgan fingerprint density at radius 2 is 1.12 bits per heavy atom. The number of halogens is 3. The summed E-state index contributed by atoms with van der Waals surface area (Å²) in [4.78, 5) is 0. The fourth-order valence-corrected chi connectivity index (χ4v) is 6.19. The van der Waals surface area contributed by atoms with Gasteiger partial charge in [-0.15, -0.1) is 0 Å². The Kier molecular flexibility index (Phi) is 5.09. The van der Waals surface area contributed by atoms with Crippen molar-refractivity contribution in [2.75, 3.05) is 0 Å². The number of alkyl halides is 3. The lowest BCUT2D eigenvalue weighted by atomic mass is 10.0. The maximum Gasteiger partial charge on any atom is 0.416 e. The van der Waals surface area contributed by atoms with Crippen molar-refractivity contribution in [1.82, 2.24) is 0 Å². The van der Waals surface area contributed by atoms with Gasteiger partial charge < -0.3 is 0 Å². The first-order chi connectivity index (χ1) is 12.0. The molecule has 0 saturated carbocycles. The third kappa shape index (κ3) is 3.85. The van der Waals surface area contributed by atoms with Gasteiger partial charge in [0.2, 0.25) is 0 Å². The highest BCUT2D eigenvalue weighted by molar-refractivity contribution is 6.86. The molecular formula is C21H18F3Si. The van der Waals surface area contributed by atoms with Gasteiger partial charge in [-0.25, -0.2) is 0 Å². The number of hydrogen-bond donors (Lipinski definition) is 0. The van der Waals surface area contributed by atoms with Crippen molar-refractivity contribution in [3.05, 3.63) is 96.1 Å². The van der Waals surface area contributed by atoms with Crippen molar-refractivity contribution in [3.8, 4) is 0 Å². The first-order valence-electron chi connectivity index (χ1n) is 8.12. The molecule has 0 nitrogen and oxygen atoms in total. The summed E-state index contributed by atoms with van der Waals surface area (Å²) in [5.41, 5.74) is -0.374. The minimum absolute atomic E-state index is 0.215. The zero-order valence-corrected chi connectivity index (χ0v) is 14.8. The van der Waals surface area contributed by atoms with Crippen LogP contribution in [0, 0.1) is 0 Å². The minimum atomic E-state index is -4.34. The summed E-state index contributed by atoms with van der Waals surface area (Å²) in [5.74, 6) is 0. The van der Waals surface area contributed by atoms with Crippen molar-refractivity contribution in [3.63, 3.8) is 0 Å². The molecule has 0 aromatic heterocycles. The van der Waals surface area contributed by atoms with Gasteiger partial charge in [0, 0.05) is 0 Å². The van der Waals surface area contributed by atoms with Crippen LogP contribution in [0.15, 0.2) is 84.9 Å². The van der Waals surface area contributed by atoms with Crippen LogP contribution in [0.5, 0.6) is 0 Å². The molecule has 3 aromatic carbocycles. The van der Waals surface area contributed by atoms with E-state index in [0.29, 0.717) is 5.56 Å². The lowest BCUT2D eigenvalue weighted by molar-refractivity contribution is -0.138. The van der Waals surface area contributed by atoms with Gasteiger partial charge in [-0.05, 0) is 17.2 Å². The van der Waals surface area contributed by atoms with Gasteiger partial charge >= 0.3 is 6.18 Å². The maximum atomic E-state index is 13.5. The standard InChI is InChI=1S/C21H18F3Si/c1-16(19-14-8-9-15-20(19)21(22,23)24)25(17-10-4-2-5-11-17)18-12-6-3-7-13-18/h2-16H,1H3/t16-/m0/s1. The van der Waals surface area contributed by atoms with E-state index in [1.165, 1.54) is 12.1 Å². The Morgan fingerprint density at radius 1 is 0.680 bits per heavy atom. The lowest BCUT2D eigenvalue weighted by Crippen LogP contribution is -2.47. The van der Waals surface area contributed by atoms with Crippen molar-refractivity contribution in [2.24, 2.45) is 0 Å². The third-order valence-electron chi connectivity index (χ3n) is 4.34. The monoisotopic (exact) mass is 355 g/mol. The molecule has 1 radical (unpaired) electrons. The van der Waals surface area contributed by atoms with Crippen LogP contribution in [0.1, 0.15) is 23.6 Å².